The smallest absolute Gasteiger partial charge is 0.143 e. The number of rotatable bonds is 8. The number of nitrogens with zero attached hydrogens (tertiary/aromatic N) is 1. The van der Waals surface area contributed by atoms with E-state index in [0.717, 1.165) is 55.5 Å². The SMILES string of the molecule is c1ccc(-c2ccc(-c3ccc(N(c4ccc(-c5cccc6oc7c8ccccc8ccc7c56)cc4)c4cccc5c4-c4ccccc4C5(c4ccccc4)c4ccccc4)cc3)cc2)cc1. The van der Waals surface area contributed by atoms with Crippen LogP contribution in [0.25, 0.3) is 77.2 Å². The number of furan rings is 1. The molecule has 0 saturated carbocycles. The Hall–Kier alpha value is -8.72. The van der Waals surface area contributed by atoms with Gasteiger partial charge in [-0.15, -0.1) is 0 Å². The molecular formula is C65H43NO. The minimum absolute atomic E-state index is 0.521. The quantitative estimate of drug-likeness (QED) is 0.151. The van der Waals surface area contributed by atoms with Crippen molar-refractivity contribution in [3.8, 4) is 44.5 Å². The average Bonchev–Trinajstić information content (AvgIpc) is 3.95. The molecule has 0 spiro atoms. The van der Waals surface area contributed by atoms with E-state index in [-0.39, 0.29) is 0 Å². The molecule has 0 saturated heterocycles. The van der Waals surface area contributed by atoms with Gasteiger partial charge in [-0.1, -0.05) is 218 Å². The molecule has 0 N–H and O–H groups in total. The van der Waals surface area contributed by atoms with Crippen molar-refractivity contribution in [2.75, 3.05) is 4.90 Å². The zero-order valence-electron chi connectivity index (χ0n) is 36.7. The van der Waals surface area contributed by atoms with Crippen molar-refractivity contribution >= 4 is 49.8 Å². The van der Waals surface area contributed by atoms with Crippen LogP contribution in [0.15, 0.2) is 265 Å². The Morgan fingerprint density at radius 3 is 1.51 bits per heavy atom. The normalized spacial score (nSPS) is 12.6. The Labute approximate surface area is 390 Å². The fourth-order valence-corrected chi connectivity index (χ4v) is 11.0. The van der Waals surface area contributed by atoms with Crippen molar-refractivity contribution in [1.29, 1.82) is 0 Å². The lowest BCUT2D eigenvalue weighted by molar-refractivity contribution is 0.673. The summed E-state index contributed by atoms with van der Waals surface area (Å²) in [6.45, 7) is 0. The molecule has 2 heteroatoms. The summed E-state index contributed by atoms with van der Waals surface area (Å²) in [7, 11) is 0. The lowest BCUT2D eigenvalue weighted by Gasteiger charge is -2.34. The summed E-state index contributed by atoms with van der Waals surface area (Å²) in [5.74, 6) is 0. The van der Waals surface area contributed by atoms with Crippen LogP contribution in [-0.2, 0) is 5.41 Å². The maximum absolute atomic E-state index is 6.62. The van der Waals surface area contributed by atoms with Crippen LogP contribution in [0, 0.1) is 0 Å². The number of hydrogen-bond acceptors (Lipinski definition) is 2. The highest BCUT2D eigenvalue weighted by Crippen LogP contribution is 2.59. The average molecular weight is 854 g/mol. The number of anilines is 3. The van der Waals surface area contributed by atoms with E-state index in [9.17, 15) is 0 Å². The third-order valence-corrected chi connectivity index (χ3v) is 14.0. The first kappa shape index (κ1) is 38.7. The predicted molar refractivity (Wildman–Crippen MR) is 280 cm³/mol. The van der Waals surface area contributed by atoms with Gasteiger partial charge in [0.2, 0.25) is 0 Å². The molecule has 0 bridgehead atoms. The second-order valence-corrected chi connectivity index (χ2v) is 17.5. The van der Waals surface area contributed by atoms with E-state index in [1.54, 1.807) is 0 Å². The van der Waals surface area contributed by atoms with Crippen LogP contribution in [0.4, 0.5) is 17.1 Å². The predicted octanol–water partition coefficient (Wildman–Crippen LogP) is 17.6. The maximum Gasteiger partial charge on any atom is 0.143 e. The largest absolute Gasteiger partial charge is 0.455 e. The number of hydrogen-bond donors (Lipinski definition) is 0. The van der Waals surface area contributed by atoms with Crippen molar-refractivity contribution < 1.29 is 4.42 Å². The molecule has 11 aromatic carbocycles. The lowest BCUT2D eigenvalue weighted by Crippen LogP contribution is -2.28. The molecule has 0 fully saturated rings. The van der Waals surface area contributed by atoms with E-state index in [2.05, 4.69) is 266 Å². The van der Waals surface area contributed by atoms with E-state index >= 15 is 0 Å². The first-order chi connectivity index (χ1) is 33.2. The van der Waals surface area contributed by atoms with Crippen LogP contribution in [0.1, 0.15) is 22.3 Å². The second kappa shape index (κ2) is 15.8. The number of benzene rings is 11. The standard InChI is InChI=1S/C65H43NO/c1-4-16-44(17-5-1)45-30-32-46(33-31-45)47-34-39-52(40-35-47)66(53-41-36-49(37-42-53)54-25-14-29-61-62(54)57-43-38-48-18-10-11-23-55(48)64(57)67-61)60-28-15-27-59-63(60)56-24-12-13-26-58(56)65(59,50-19-6-2-7-20-50)51-21-8-3-9-22-51/h1-43H. The first-order valence-electron chi connectivity index (χ1n) is 23.1. The molecule has 13 rings (SSSR count). The van der Waals surface area contributed by atoms with E-state index in [1.165, 1.54) is 61.0 Å². The van der Waals surface area contributed by atoms with Crippen LogP contribution in [-0.4, -0.2) is 0 Å². The van der Waals surface area contributed by atoms with Gasteiger partial charge in [0, 0.05) is 33.1 Å². The zero-order chi connectivity index (χ0) is 44.3. The molecule has 0 atom stereocenters. The van der Waals surface area contributed by atoms with Gasteiger partial charge in [-0.05, 0) is 109 Å². The van der Waals surface area contributed by atoms with Gasteiger partial charge in [-0.2, -0.15) is 0 Å². The lowest BCUT2D eigenvalue weighted by atomic mass is 9.68. The van der Waals surface area contributed by atoms with Crippen LogP contribution >= 0.6 is 0 Å². The Bertz CT molecular complexity index is 3720. The second-order valence-electron chi connectivity index (χ2n) is 17.5. The summed E-state index contributed by atoms with van der Waals surface area (Å²) in [5, 5.41) is 4.57. The molecular weight excluding hydrogens is 811 g/mol. The van der Waals surface area contributed by atoms with Crippen molar-refractivity contribution in [2.24, 2.45) is 0 Å². The van der Waals surface area contributed by atoms with Gasteiger partial charge in [-0.3, -0.25) is 0 Å². The summed E-state index contributed by atoms with van der Waals surface area (Å²) in [6.07, 6.45) is 0. The van der Waals surface area contributed by atoms with Gasteiger partial charge in [0.15, 0.2) is 0 Å². The summed E-state index contributed by atoms with van der Waals surface area (Å²) in [4.78, 5) is 2.45. The molecule has 314 valence electrons. The highest BCUT2D eigenvalue weighted by Gasteiger charge is 2.47. The highest BCUT2D eigenvalue weighted by molar-refractivity contribution is 6.19. The van der Waals surface area contributed by atoms with Crippen LogP contribution < -0.4 is 4.90 Å². The summed E-state index contributed by atoms with van der Waals surface area (Å²) in [6, 6.07) is 95.0. The topological polar surface area (TPSA) is 16.4 Å². The Kier molecular flexibility index (Phi) is 9.11. The van der Waals surface area contributed by atoms with Gasteiger partial charge < -0.3 is 9.32 Å². The summed E-state index contributed by atoms with van der Waals surface area (Å²) in [5.41, 5.74) is 19.2. The number of fused-ring (bicyclic) bond motifs is 8. The van der Waals surface area contributed by atoms with Crippen LogP contribution in [0.3, 0.4) is 0 Å². The molecule has 1 heterocycles. The summed E-state index contributed by atoms with van der Waals surface area (Å²) < 4.78 is 6.62. The Balaban J connectivity index is 0.986. The fourth-order valence-electron chi connectivity index (χ4n) is 11.0. The highest BCUT2D eigenvalue weighted by atomic mass is 16.3. The van der Waals surface area contributed by atoms with Crippen molar-refractivity contribution in [2.45, 2.75) is 5.41 Å². The van der Waals surface area contributed by atoms with E-state index in [4.69, 9.17) is 4.42 Å². The third kappa shape index (κ3) is 6.18. The van der Waals surface area contributed by atoms with Crippen molar-refractivity contribution in [1.82, 2.24) is 0 Å². The first-order valence-corrected chi connectivity index (χ1v) is 23.1. The summed E-state index contributed by atoms with van der Waals surface area (Å²) >= 11 is 0. The fraction of sp³-hybridized carbons (Fsp3) is 0.0154. The van der Waals surface area contributed by atoms with E-state index in [1.807, 2.05) is 0 Å². The Morgan fingerprint density at radius 2 is 0.836 bits per heavy atom. The molecule has 0 unspecified atom stereocenters. The van der Waals surface area contributed by atoms with Crippen LogP contribution in [0.5, 0.6) is 0 Å². The minimum atomic E-state index is -0.521. The molecule has 0 amide bonds. The maximum atomic E-state index is 6.62. The van der Waals surface area contributed by atoms with Gasteiger partial charge >= 0.3 is 0 Å². The molecule has 1 aromatic heterocycles. The Morgan fingerprint density at radius 1 is 0.328 bits per heavy atom. The molecule has 0 aliphatic heterocycles. The monoisotopic (exact) mass is 853 g/mol. The molecule has 1 aliphatic rings. The van der Waals surface area contributed by atoms with Gasteiger partial charge in [0.05, 0.1) is 11.1 Å². The molecule has 1 aliphatic carbocycles. The molecule has 12 aromatic rings. The van der Waals surface area contributed by atoms with E-state index in [0.29, 0.717) is 0 Å². The van der Waals surface area contributed by atoms with Gasteiger partial charge in [0.25, 0.3) is 0 Å². The molecule has 0 radical (unpaired) electrons. The van der Waals surface area contributed by atoms with Crippen molar-refractivity contribution in [3.63, 3.8) is 0 Å². The molecule has 2 nitrogen and oxygen atoms in total. The zero-order valence-corrected chi connectivity index (χ0v) is 36.7. The van der Waals surface area contributed by atoms with Gasteiger partial charge in [-0.25, -0.2) is 0 Å². The van der Waals surface area contributed by atoms with Gasteiger partial charge in [0.1, 0.15) is 11.2 Å². The minimum Gasteiger partial charge on any atom is -0.455 e. The third-order valence-electron chi connectivity index (χ3n) is 14.0. The molecule has 67 heavy (non-hydrogen) atoms. The van der Waals surface area contributed by atoms with Crippen molar-refractivity contribution in [3.05, 3.63) is 283 Å². The van der Waals surface area contributed by atoms with Crippen LogP contribution in [0.2, 0.25) is 0 Å². The van der Waals surface area contributed by atoms with E-state index < -0.39 is 5.41 Å².